The maximum atomic E-state index is 6.04. The van der Waals surface area contributed by atoms with Crippen LogP contribution in [0.15, 0.2) is 4.99 Å². The fraction of sp³-hybridized carbons (Fsp3) is 0.917. The van der Waals surface area contributed by atoms with E-state index in [0.717, 1.165) is 45.0 Å². The SMILES string of the molecule is CC1CC(CN=C(N)N2CCSCC2)CCO1. The molecule has 2 N–H and O–H groups in total. The highest BCUT2D eigenvalue weighted by atomic mass is 32.2. The number of nitrogens with two attached hydrogens (primary N) is 1. The summed E-state index contributed by atoms with van der Waals surface area (Å²) >= 11 is 1.99. The maximum Gasteiger partial charge on any atom is 0.191 e. The Labute approximate surface area is 108 Å². The second-order valence-corrected chi connectivity index (χ2v) is 6.09. The van der Waals surface area contributed by atoms with Crippen LogP contribution in [0.3, 0.4) is 0 Å². The molecule has 0 aliphatic carbocycles. The van der Waals surface area contributed by atoms with Crippen molar-refractivity contribution < 1.29 is 4.74 Å². The van der Waals surface area contributed by atoms with E-state index in [1.165, 1.54) is 11.5 Å². The van der Waals surface area contributed by atoms with Gasteiger partial charge in [0.2, 0.25) is 0 Å². The average Bonchev–Trinajstić information content (AvgIpc) is 2.37. The van der Waals surface area contributed by atoms with Crippen molar-refractivity contribution in [1.82, 2.24) is 4.90 Å². The van der Waals surface area contributed by atoms with Crippen LogP contribution in [-0.4, -0.2) is 54.7 Å². The van der Waals surface area contributed by atoms with Crippen LogP contribution < -0.4 is 5.73 Å². The summed E-state index contributed by atoms with van der Waals surface area (Å²) in [7, 11) is 0. The molecule has 17 heavy (non-hydrogen) atoms. The molecule has 0 spiro atoms. The van der Waals surface area contributed by atoms with Crippen LogP contribution in [0.25, 0.3) is 0 Å². The first-order valence-electron chi connectivity index (χ1n) is 6.50. The zero-order valence-corrected chi connectivity index (χ0v) is 11.4. The van der Waals surface area contributed by atoms with Gasteiger partial charge in [0.05, 0.1) is 6.10 Å². The van der Waals surface area contributed by atoms with Crippen LogP contribution >= 0.6 is 11.8 Å². The first-order valence-corrected chi connectivity index (χ1v) is 7.65. The van der Waals surface area contributed by atoms with Gasteiger partial charge in [0.25, 0.3) is 0 Å². The Balaban J connectivity index is 1.78. The molecule has 0 aromatic heterocycles. The van der Waals surface area contributed by atoms with Gasteiger partial charge in [-0.1, -0.05) is 0 Å². The van der Waals surface area contributed by atoms with Gasteiger partial charge in [0.1, 0.15) is 0 Å². The van der Waals surface area contributed by atoms with E-state index in [2.05, 4.69) is 16.8 Å². The lowest BCUT2D eigenvalue weighted by Gasteiger charge is -2.29. The van der Waals surface area contributed by atoms with Gasteiger partial charge in [-0.05, 0) is 25.7 Å². The van der Waals surface area contributed by atoms with E-state index in [0.29, 0.717) is 12.0 Å². The number of hydrogen-bond acceptors (Lipinski definition) is 3. The topological polar surface area (TPSA) is 50.8 Å². The van der Waals surface area contributed by atoms with Gasteiger partial charge in [0.15, 0.2) is 5.96 Å². The Morgan fingerprint density at radius 3 is 2.94 bits per heavy atom. The summed E-state index contributed by atoms with van der Waals surface area (Å²) in [5, 5.41) is 0. The third-order valence-electron chi connectivity index (χ3n) is 3.44. The van der Waals surface area contributed by atoms with Gasteiger partial charge in [-0.15, -0.1) is 0 Å². The number of aliphatic imine (C=N–C) groups is 1. The van der Waals surface area contributed by atoms with Gasteiger partial charge in [-0.25, -0.2) is 0 Å². The molecule has 98 valence electrons. The molecule has 2 unspecified atom stereocenters. The van der Waals surface area contributed by atoms with Gasteiger partial charge >= 0.3 is 0 Å². The number of rotatable bonds is 2. The van der Waals surface area contributed by atoms with Crippen molar-refractivity contribution >= 4 is 17.7 Å². The Morgan fingerprint density at radius 1 is 1.47 bits per heavy atom. The molecule has 0 amide bonds. The van der Waals surface area contributed by atoms with Crippen LogP contribution in [0, 0.1) is 5.92 Å². The number of thioether (sulfide) groups is 1. The molecule has 2 heterocycles. The van der Waals surface area contributed by atoms with Gasteiger partial charge in [-0.3, -0.25) is 4.99 Å². The third-order valence-corrected chi connectivity index (χ3v) is 4.38. The molecule has 0 radical (unpaired) electrons. The summed E-state index contributed by atoms with van der Waals surface area (Å²) in [5.41, 5.74) is 6.04. The van der Waals surface area contributed by atoms with Crippen LogP contribution in [0.4, 0.5) is 0 Å². The Morgan fingerprint density at radius 2 is 2.24 bits per heavy atom. The number of ether oxygens (including phenoxy) is 1. The van der Waals surface area contributed by atoms with Crippen molar-refractivity contribution in [3.63, 3.8) is 0 Å². The summed E-state index contributed by atoms with van der Waals surface area (Å²) in [4.78, 5) is 6.77. The van der Waals surface area contributed by atoms with Gasteiger partial charge < -0.3 is 15.4 Å². The summed E-state index contributed by atoms with van der Waals surface area (Å²) in [6, 6.07) is 0. The van der Waals surface area contributed by atoms with E-state index < -0.39 is 0 Å². The second kappa shape index (κ2) is 6.50. The highest BCUT2D eigenvalue weighted by molar-refractivity contribution is 7.99. The van der Waals surface area contributed by atoms with E-state index in [4.69, 9.17) is 10.5 Å². The minimum absolute atomic E-state index is 0.386. The van der Waals surface area contributed by atoms with E-state index >= 15 is 0 Å². The molecule has 2 saturated heterocycles. The predicted octanol–water partition coefficient (Wildman–Crippen LogP) is 1.16. The first kappa shape index (κ1) is 13.0. The molecule has 2 aliphatic rings. The second-order valence-electron chi connectivity index (χ2n) is 4.87. The fourth-order valence-corrected chi connectivity index (χ4v) is 3.28. The van der Waals surface area contributed by atoms with Crippen LogP contribution in [0.2, 0.25) is 0 Å². The van der Waals surface area contributed by atoms with E-state index in [1.54, 1.807) is 0 Å². The smallest absolute Gasteiger partial charge is 0.191 e. The number of hydrogen-bond donors (Lipinski definition) is 1. The van der Waals surface area contributed by atoms with Crippen molar-refractivity contribution in [3.05, 3.63) is 0 Å². The molecule has 0 bridgehead atoms. The monoisotopic (exact) mass is 257 g/mol. The van der Waals surface area contributed by atoms with Gasteiger partial charge in [-0.2, -0.15) is 11.8 Å². The van der Waals surface area contributed by atoms with Crippen molar-refractivity contribution in [1.29, 1.82) is 0 Å². The first-order chi connectivity index (χ1) is 8.25. The average molecular weight is 257 g/mol. The van der Waals surface area contributed by atoms with Crippen molar-refractivity contribution in [2.45, 2.75) is 25.9 Å². The Hall–Kier alpha value is -0.420. The van der Waals surface area contributed by atoms with Crippen molar-refractivity contribution in [2.24, 2.45) is 16.6 Å². The molecule has 2 fully saturated rings. The number of guanidine groups is 1. The van der Waals surface area contributed by atoms with E-state index in [9.17, 15) is 0 Å². The van der Waals surface area contributed by atoms with Crippen LogP contribution in [0.5, 0.6) is 0 Å². The van der Waals surface area contributed by atoms with Crippen LogP contribution in [-0.2, 0) is 4.74 Å². The highest BCUT2D eigenvalue weighted by Gasteiger charge is 2.19. The predicted molar refractivity (Wildman–Crippen MR) is 73.5 cm³/mol. The van der Waals surface area contributed by atoms with Crippen molar-refractivity contribution in [3.8, 4) is 0 Å². The molecule has 2 aliphatic heterocycles. The minimum atomic E-state index is 0.386. The molecular formula is C12H23N3OS. The largest absolute Gasteiger partial charge is 0.378 e. The molecule has 4 nitrogen and oxygen atoms in total. The van der Waals surface area contributed by atoms with Gasteiger partial charge in [0, 0.05) is 37.7 Å². The van der Waals surface area contributed by atoms with Crippen LogP contribution in [0.1, 0.15) is 19.8 Å². The van der Waals surface area contributed by atoms with Crippen molar-refractivity contribution in [2.75, 3.05) is 37.7 Å². The summed E-state index contributed by atoms with van der Waals surface area (Å²) < 4.78 is 5.54. The molecule has 0 aromatic carbocycles. The lowest BCUT2D eigenvalue weighted by atomic mass is 9.96. The molecular weight excluding hydrogens is 234 g/mol. The molecule has 2 rings (SSSR count). The lowest BCUT2D eigenvalue weighted by molar-refractivity contribution is 0.00477. The zero-order chi connectivity index (χ0) is 12.1. The number of nitrogens with zero attached hydrogens (tertiary/aromatic N) is 2. The van der Waals surface area contributed by atoms with E-state index in [-0.39, 0.29) is 0 Å². The summed E-state index contributed by atoms with van der Waals surface area (Å²) in [6.07, 6.45) is 2.63. The molecule has 0 aromatic rings. The third kappa shape index (κ3) is 4.07. The van der Waals surface area contributed by atoms with E-state index in [1.807, 2.05) is 11.8 Å². The molecule has 2 atom stereocenters. The normalized spacial score (nSPS) is 31.6. The fourth-order valence-electron chi connectivity index (χ4n) is 2.37. The quantitative estimate of drug-likeness (QED) is 0.596. The lowest BCUT2D eigenvalue weighted by Crippen LogP contribution is -2.43. The zero-order valence-electron chi connectivity index (χ0n) is 10.6. The maximum absolute atomic E-state index is 6.04. The standard InChI is InChI=1S/C12H23N3OS/c1-10-8-11(2-5-16-10)9-14-12(13)15-3-6-17-7-4-15/h10-11H,2-9H2,1H3,(H2,13,14). The highest BCUT2D eigenvalue weighted by Crippen LogP contribution is 2.20. The Kier molecular flexibility index (Phi) is 4.98. The molecule has 0 saturated carbocycles. The summed E-state index contributed by atoms with van der Waals surface area (Å²) in [5.74, 6) is 3.73. The summed E-state index contributed by atoms with van der Waals surface area (Å²) in [6.45, 7) is 5.97. The molecule has 5 heteroatoms. The minimum Gasteiger partial charge on any atom is -0.378 e. The Bertz CT molecular complexity index is 266.